The van der Waals surface area contributed by atoms with Crippen LogP contribution in [0.15, 0.2) is 23.7 Å². The molecule has 5 aromatic rings. The lowest BCUT2D eigenvalue weighted by atomic mass is 10.3. The molecule has 0 aliphatic carbocycles. The Hall–Kier alpha value is -3.49. The van der Waals surface area contributed by atoms with Crippen LogP contribution in [0, 0.1) is 0 Å². The quantitative estimate of drug-likeness (QED) is 0.406. The number of rotatable bonds is 5. The Morgan fingerprint density at radius 2 is 2.03 bits per heavy atom. The summed E-state index contributed by atoms with van der Waals surface area (Å²) in [6.45, 7) is 2.33. The number of alkyl halides is 3. The number of hydrogen-bond acceptors (Lipinski definition) is 8. The summed E-state index contributed by atoms with van der Waals surface area (Å²) in [6.07, 6.45) is -1.36. The molecular weight excluding hydrogens is 435 g/mol. The summed E-state index contributed by atoms with van der Waals surface area (Å²) < 4.78 is 43.5. The number of H-pyrrole nitrogens is 1. The van der Waals surface area contributed by atoms with E-state index in [1.165, 1.54) is 18.8 Å². The maximum absolute atomic E-state index is 13.0. The zero-order chi connectivity index (χ0) is 21.8. The van der Waals surface area contributed by atoms with Crippen LogP contribution in [-0.4, -0.2) is 54.3 Å². The van der Waals surface area contributed by atoms with Crippen LogP contribution < -0.4 is 0 Å². The predicted molar refractivity (Wildman–Crippen MR) is 103 cm³/mol. The monoisotopic (exact) mass is 449 g/mol. The molecule has 0 aliphatic rings. The highest BCUT2D eigenvalue weighted by Gasteiger charge is 2.35. The van der Waals surface area contributed by atoms with Crippen LogP contribution in [0.25, 0.3) is 28.2 Å². The zero-order valence-electron chi connectivity index (χ0n) is 16.2. The number of aromatic amines is 1. The van der Waals surface area contributed by atoms with Crippen LogP contribution in [0.1, 0.15) is 18.4 Å². The van der Waals surface area contributed by atoms with Gasteiger partial charge in [-0.05, 0) is 13.0 Å². The molecule has 11 nitrogen and oxygen atoms in total. The lowest BCUT2D eigenvalue weighted by Crippen LogP contribution is -2.06. The van der Waals surface area contributed by atoms with E-state index in [0.29, 0.717) is 40.4 Å². The first kappa shape index (κ1) is 19.5. The molecule has 31 heavy (non-hydrogen) atoms. The third kappa shape index (κ3) is 3.30. The molecule has 0 unspecified atom stereocenters. The van der Waals surface area contributed by atoms with Gasteiger partial charge in [0.05, 0.1) is 17.3 Å². The Balaban J connectivity index is 1.43. The number of aromatic nitrogens is 11. The Kier molecular flexibility index (Phi) is 4.42. The average Bonchev–Trinajstić information content (AvgIpc) is 3.48. The summed E-state index contributed by atoms with van der Waals surface area (Å²) in [5.41, 5.74) is 0.496. The second-order valence-electron chi connectivity index (χ2n) is 6.55. The minimum absolute atomic E-state index is 0.229. The highest BCUT2D eigenvalue weighted by molar-refractivity contribution is 7.98. The Labute approximate surface area is 175 Å². The molecule has 0 atom stereocenters. The third-order valence-corrected chi connectivity index (χ3v) is 5.56. The fourth-order valence-corrected chi connectivity index (χ4v) is 4.01. The predicted octanol–water partition coefficient (Wildman–Crippen LogP) is 2.32. The SMILES string of the molecule is CCn1c(SCc2nc3c4cn[nH]c4ncn3n2)nnc1-c1cc(C(F)(F)F)nn1C. The van der Waals surface area contributed by atoms with Crippen molar-refractivity contribution >= 4 is 28.4 Å². The second-order valence-corrected chi connectivity index (χ2v) is 7.49. The van der Waals surface area contributed by atoms with Crippen LogP contribution in [0.5, 0.6) is 0 Å². The minimum atomic E-state index is -4.53. The van der Waals surface area contributed by atoms with Crippen LogP contribution >= 0.6 is 11.8 Å². The van der Waals surface area contributed by atoms with Crippen molar-refractivity contribution in [1.29, 1.82) is 0 Å². The third-order valence-electron chi connectivity index (χ3n) is 4.59. The van der Waals surface area contributed by atoms with Gasteiger partial charge >= 0.3 is 6.18 Å². The maximum Gasteiger partial charge on any atom is 0.435 e. The first-order chi connectivity index (χ1) is 14.8. The van der Waals surface area contributed by atoms with E-state index in [4.69, 9.17) is 0 Å². The van der Waals surface area contributed by atoms with Crippen molar-refractivity contribution in [2.45, 2.75) is 30.6 Å². The van der Waals surface area contributed by atoms with Crippen LogP contribution in [0.2, 0.25) is 0 Å². The van der Waals surface area contributed by atoms with Crippen LogP contribution in [0.3, 0.4) is 0 Å². The van der Waals surface area contributed by atoms with E-state index in [1.54, 1.807) is 21.6 Å². The van der Waals surface area contributed by atoms with Crippen LogP contribution in [-0.2, 0) is 25.5 Å². The van der Waals surface area contributed by atoms with E-state index in [0.717, 1.165) is 16.1 Å². The van der Waals surface area contributed by atoms with E-state index < -0.39 is 11.9 Å². The fourth-order valence-electron chi connectivity index (χ4n) is 3.16. The van der Waals surface area contributed by atoms with Gasteiger partial charge in [-0.2, -0.15) is 23.4 Å². The molecule has 0 aromatic carbocycles. The van der Waals surface area contributed by atoms with Crippen molar-refractivity contribution in [1.82, 2.24) is 54.3 Å². The van der Waals surface area contributed by atoms with Crippen molar-refractivity contribution in [3.63, 3.8) is 0 Å². The molecule has 0 spiro atoms. The fraction of sp³-hybridized carbons (Fsp3) is 0.312. The molecule has 160 valence electrons. The first-order valence-corrected chi connectivity index (χ1v) is 10.0. The number of aryl methyl sites for hydroxylation is 1. The van der Waals surface area contributed by atoms with Gasteiger partial charge in [0.15, 0.2) is 33.8 Å². The highest BCUT2D eigenvalue weighted by Crippen LogP contribution is 2.32. The van der Waals surface area contributed by atoms with Gasteiger partial charge in [0, 0.05) is 13.6 Å². The molecule has 0 aliphatic heterocycles. The van der Waals surface area contributed by atoms with Gasteiger partial charge in [-0.3, -0.25) is 9.78 Å². The summed E-state index contributed by atoms with van der Waals surface area (Å²) in [7, 11) is 1.44. The number of thioether (sulfide) groups is 1. The summed E-state index contributed by atoms with van der Waals surface area (Å²) in [6, 6.07) is 0.970. The summed E-state index contributed by atoms with van der Waals surface area (Å²) >= 11 is 1.34. The second kappa shape index (κ2) is 7.04. The minimum Gasteiger partial charge on any atom is -0.301 e. The summed E-state index contributed by atoms with van der Waals surface area (Å²) in [5, 5.41) is 24.2. The van der Waals surface area contributed by atoms with Crippen LogP contribution in [0.4, 0.5) is 13.2 Å². The van der Waals surface area contributed by atoms with Crippen molar-refractivity contribution in [2.75, 3.05) is 0 Å². The summed E-state index contributed by atoms with van der Waals surface area (Å²) in [5.74, 6) is 1.24. The number of nitrogens with one attached hydrogen (secondary N) is 1. The largest absolute Gasteiger partial charge is 0.435 e. The highest BCUT2D eigenvalue weighted by atomic mass is 32.2. The maximum atomic E-state index is 13.0. The van der Waals surface area contributed by atoms with Crippen molar-refractivity contribution in [3.8, 4) is 11.5 Å². The van der Waals surface area contributed by atoms with E-state index in [-0.39, 0.29) is 5.69 Å². The smallest absolute Gasteiger partial charge is 0.301 e. The van der Waals surface area contributed by atoms with Crippen molar-refractivity contribution < 1.29 is 13.2 Å². The van der Waals surface area contributed by atoms with Gasteiger partial charge in [-0.1, -0.05) is 11.8 Å². The Morgan fingerprint density at radius 3 is 2.77 bits per heavy atom. The first-order valence-electron chi connectivity index (χ1n) is 9.06. The molecule has 1 N–H and O–H groups in total. The molecule has 0 amide bonds. The van der Waals surface area contributed by atoms with Crippen molar-refractivity contribution in [2.24, 2.45) is 7.05 Å². The molecule has 0 saturated carbocycles. The molecule has 0 bridgehead atoms. The standard InChI is InChI=1S/C16H14F3N11S/c1-3-29-14(9-4-10(16(17,18)19)26-28(9)2)24-25-15(29)31-6-11-22-13-8-5-21-23-12(8)20-7-30(13)27-11/h4-5,7H,3,6H2,1-2H3,(H,21,23). The van der Waals surface area contributed by atoms with E-state index in [9.17, 15) is 13.2 Å². The number of halogens is 3. The molecule has 0 radical (unpaired) electrons. The van der Waals surface area contributed by atoms with Crippen molar-refractivity contribution in [3.05, 3.63) is 30.1 Å². The Bertz CT molecular complexity index is 1390. The van der Waals surface area contributed by atoms with Gasteiger partial charge in [0.2, 0.25) is 0 Å². The normalized spacial score (nSPS) is 12.4. The number of fused-ring (bicyclic) bond motifs is 3. The lowest BCUT2D eigenvalue weighted by molar-refractivity contribution is -0.141. The number of hydrogen-bond donors (Lipinski definition) is 1. The van der Waals surface area contributed by atoms with Gasteiger partial charge < -0.3 is 4.57 Å². The van der Waals surface area contributed by atoms with E-state index in [1.807, 2.05) is 6.92 Å². The van der Waals surface area contributed by atoms with E-state index >= 15 is 0 Å². The topological polar surface area (TPSA) is 120 Å². The Morgan fingerprint density at radius 1 is 1.19 bits per heavy atom. The molecule has 5 rings (SSSR count). The van der Waals surface area contributed by atoms with E-state index in [2.05, 4.69) is 40.6 Å². The number of nitrogens with zero attached hydrogens (tertiary/aromatic N) is 10. The average molecular weight is 449 g/mol. The van der Waals surface area contributed by atoms with Gasteiger partial charge in [-0.25, -0.2) is 14.5 Å². The van der Waals surface area contributed by atoms with Gasteiger partial charge in [-0.15, -0.1) is 15.3 Å². The lowest BCUT2D eigenvalue weighted by Gasteiger charge is -2.06. The van der Waals surface area contributed by atoms with Gasteiger partial charge in [0.1, 0.15) is 12.0 Å². The molecule has 0 saturated heterocycles. The molecule has 0 fully saturated rings. The molecule has 15 heteroatoms. The molecular formula is C16H14F3N11S. The summed E-state index contributed by atoms with van der Waals surface area (Å²) in [4.78, 5) is 8.74. The zero-order valence-corrected chi connectivity index (χ0v) is 17.0. The molecule has 5 aromatic heterocycles. The van der Waals surface area contributed by atoms with Gasteiger partial charge in [0.25, 0.3) is 0 Å². The molecule has 5 heterocycles.